The van der Waals surface area contributed by atoms with E-state index in [9.17, 15) is 0 Å². The summed E-state index contributed by atoms with van der Waals surface area (Å²) in [5.41, 5.74) is 26.1. The molecule has 0 saturated heterocycles. The van der Waals surface area contributed by atoms with Gasteiger partial charge in [-0.25, -0.2) is 0 Å². The molecule has 0 fully saturated rings. The largest absolute Gasteiger partial charge is 0.310 e. The van der Waals surface area contributed by atoms with Crippen LogP contribution in [0, 0.1) is 0 Å². The molecule has 1 spiro atoms. The topological polar surface area (TPSA) is 3.24 Å². The zero-order valence-corrected chi connectivity index (χ0v) is 36.5. The van der Waals surface area contributed by atoms with Gasteiger partial charge in [-0.2, -0.15) is 0 Å². The van der Waals surface area contributed by atoms with Crippen LogP contribution in [0.4, 0.5) is 17.1 Å². The van der Waals surface area contributed by atoms with Gasteiger partial charge in [0.05, 0.1) is 5.41 Å². The van der Waals surface area contributed by atoms with Crippen molar-refractivity contribution in [2.24, 2.45) is 0 Å². The molecule has 13 rings (SSSR count). The number of benzene rings is 10. The zero-order valence-electron chi connectivity index (χ0n) is 36.5. The lowest BCUT2D eigenvalue weighted by Crippen LogP contribution is -2.25. The van der Waals surface area contributed by atoms with Crippen LogP contribution in [0.2, 0.25) is 0 Å². The Morgan fingerprint density at radius 1 is 0.246 bits per heavy atom. The maximum atomic E-state index is 2.48. The van der Waals surface area contributed by atoms with Crippen LogP contribution in [0.15, 0.2) is 237 Å². The van der Waals surface area contributed by atoms with Gasteiger partial charge in [0.15, 0.2) is 0 Å². The van der Waals surface area contributed by atoms with Gasteiger partial charge in [0, 0.05) is 22.5 Å². The minimum atomic E-state index is -0.383. The van der Waals surface area contributed by atoms with E-state index in [-0.39, 0.29) is 10.8 Å². The van der Waals surface area contributed by atoms with Crippen LogP contribution in [0.25, 0.3) is 66.8 Å². The van der Waals surface area contributed by atoms with Crippen molar-refractivity contribution in [3.63, 3.8) is 0 Å². The number of hydrogen-bond donors (Lipinski definition) is 0. The fraction of sp³-hybridized carbons (Fsp3) is 0.0625. The van der Waals surface area contributed by atoms with Crippen molar-refractivity contribution in [2.75, 3.05) is 4.90 Å². The maximum Gasteiger partial charge on any atom is 0.0725 e. The molecule has 0 atom stereocenters. The highest BCUT2D eigenvalue weighted by Crippen LogP contribution is 2.63. The van der Waals surface area contributed by atoms with E-state index in [1.165, 1.54) is 100 Å². The van der Waals surface area contributed by atoms with E-state index in [4.69, 9.17) is 0 Å². The van der Waals surface area contributed by atoms with Gasteiger partial charge in [-0.3, -0.25) is 0 Å². The molecule has 0 heterocycles. The van der Waals surface area contributed by atoms with E-state index in [1.54, 1.807) is 0 Å². The average Bonchev–Trinajstić information content (AvgIpc) is 3.93. The number of rotatable bonds is 6. The van der Waals surface area contributed by atoms with Crippen LogP contribution in [0.1, 0.15) is 47.2 Å². The van der Waals surface area contributed by atoms with E-state index >= 15 is 0 Å². The Morgan fingerprint density at radius 2 is 0.662 bits per heavy atom. The van der Waals surface area contributed by atoms with Crippen molar-refractivity contribution >= 4 is 17.1 Å². The number of nitrogens with zero attached hydrogens (tertiary/aromatic N) is 1. The van der Waals surface area contributed by atoms with Gasteiger partial charge in [-0.15, -0.1) is 0 Å². The molecule has 1 nitrogen and oxygen atoms in total. The summed E-state index contributed by atoms with van der Waals surface area (Å²) in [7, 11) is 0. The summed E-state index contributed by atoms with van der Waals surface area (Å²) in [5.74, 6) is 0. The van der Waals surface area contributed by atoms with Crippen molar-refractivity contribution in [3.05, 3.63) is 270 Å². The van der Waals surface area contributed by atoms with Crippen molar-refractivity contribution in [1.82, 2.24) is 0 Å². The summed E-state index contributed by atoms with van der Waals surface area (Å²) < 4.78 is 0. The molecule has 0 bridgehead atoms. The molecule has 3 aliphatic rings. The van der Waals surface area contributed by atoms with Crippen molar-refractivity contribution in [2.45, 2.75) is 24.7 Å². The van der Waals surface area contributed by atoms with Crippen LogP contribution in [0.3, 0.4) is 0 Å². The summed E-state index contributed by atoms with van der Waals surface area (Å²) in [6, 6.07) is 88.2. The van der Waals surface area contributed by atoms with Crippen molar-refractivity contribution in [3.8, 4) is 66.8 Å². The molecule has 0 saturated carbocycles. The smallest absolute Gasteiger partial charge is 0.0725 e. The normalized spacial score (nSPS) is 13.9. The molecule has 3 aliphatic carbocycles. The molecule has 0 aromatic heterocycles. The molecular weight excluding hydrogens is 783 g/mol. The second kappa shape index (κ2) is 14.3. The molecule has 10 aromatic carbocycles. The molecule has 0 aliphatic heterocycles. The molecule has 306 valence electrons. The minimum absolute atomic E-state index is 0.133. The Kier molecular flexibility index (Phi) is 8.24. The van der Waals surface area contributed by atoms with Gasteiger partial charge in [-0.1, -0.05) is 208 Å². The van der Waals surface area contributed by atoms with Crippen molar-refractivity contribution < 1.29 is 0 Å². The van der Waals surface area contributed by atoms with Gasteiger partial charge in [-0.05, 0) is 143 Å². The van der Waals surface area contributed by atoms with E-state index in [1.807, 2.05) is 0 Å². The molecule has 0 radical (unpaired) electrons. The van der Waals surface area contributed by atoms with Crippen LogP contribution < -0.4 is 4.90 Å². The van der Waals surface area contributed by atoms with E-state index in [0.29, 0.717) is 0 Å². The first-order valence-electron chi connectivity index (χ1n) is 22.8. The number of fused-ring (bicyclic) bond motifs is 13. The monoisotopic (exact) mass is 827 g/mol. The number of hydrogen-bond acceptors (Lipinski definition) is 1. The Hall–Kier alpha value is -8.00. The Morgan fingerprint density at radius 3 is 1.28 bits per heavy atom. The van der Waals surface area contributed by atoms with Crippen molar-refractivity contribution in [1.29, 1.82) is 0 Å². The fourth-order valence-corrected chi connectivity index (χ4v) is 11.8. The van der Waals surface area contributed by atoms with E-state index < -0.39 is 0 Å². The molecule has 0 N–H and O–H groups in total. The third kappa shape index (κ3) is 5.46. The van der Waals surface area contributed by atoms with Crippen LogP contribution in [-0.4, -0.2) is 0 Å². The van der Waals surface area contributed by atoms with Crippen LogP contribution in [0.5, 0.6) is 0 Å². The first kappa shape index (κ1) is 37.5. The maximum absolute atomic E-state index is 2.48. The highest BCUT2D eigenvalue weighted by molar-refractivity contribution is 5.98. The highest BCUT2D eigenvalue weighted by atomic mass is 15.1. The first-order valence-corrected chi connectivity index (χ1v) is 22.8. The SMILES string of the molecule is CC1(C)c2ccccc2-c2ccc(N(c3ccc(-c4ccccc4)cc3)c3ccc(-c4ccccc4)c(-c4ccc5c(c4)-c4ccccc4C54c5ccccc5-c5ccccc54)c3)cc21. The Labute approximate surface area is 381 Å². The first-order chi connectivity index (χ1) is 32.0. The fourth-order valence-electron chi connectivity index (χ4n) is 11.8. The van der Waals surface area contributed by atoms with Crippen LogP contribution in [-0.2, 0) is 10.8 Å². The lowest BCUT2D eigenvalue weighted by Gasteiger charge is -2.30. The summed E-state index contributed by atoms with van der Waals surface area (Å²) in [5, 5.41) is 0. The standard InChI is InChI=1S/C64H45N/c1-63(2)57-25-13-9-21-50(57)54-37-35-48(41-62(54)63)65(46-32-29-43(30-33-46)42-17-5-3-6-18-42)47-34-36-49(44-19-7-4-8-20-44)55(40-47)45-31-38-61-56(39-45)53-24-12-16-28-60(53)64(61)58-26-14-10-22-51(58)52-23-11-15-27-59(52)64/h3-41H,1-2H3. The summed E-state index contributed by atoms with van der Waals surface area (Å²) >= 11 is 0. The highest BCUT2D eigenvalue weighted by Gasteiger charge is 2.51. The Bertz CT molecular complexity index is 3460. The molecule has 10 aromatic rings. The number of anilines is 3. The summed E-state index contributed by atoms with van der Waals surface area (Å²) in [6.45, 7) is 4.73. The lowest BCUT2D eigenvalue weighted by molar-refractivity contribution is 0.660. The third-order valence-electron chi connectivity index (χ3n) is 14.7. The van der Waals surface area contributed by atoms with Gasteiger partial charge in [0.25, 0.3) is 0 Å². The lowest BCUT2D eigenvalue weighted by atomic mass is 9.70. The zero-order chi connectivity index (χ0) is 43.3. The molecular formula is C64H45N. The van der Waals surface area contributed by atoms with E-state index in [0.717, 1.165) is 17.1 Å². The van der Waals surface area contributed by atoms with Crippen LogP contribution >= 0.6 is 0 Å². The predicted octanol–water partition coefficient (Wildman–Crippen LogP) is 16.8. The second-order valence-corrected chi connectivity index (χ2v) is 18.4. The quantitative estimate of drug-likeness (QED) is 0.161. The Balaban J connectivity index is 1.02. The average molecular weight is 828 g/mol. The summed E-state index contributed by atoms with van der Waals surface area (Å²) in [4.78, 5) is 2.45. The molecule has 0 unspecified atom stereocenters. The third-order valence-corrected chi connectivity index (χ3v) is 14.7. The van der Waals surface area contributed by atoms with Gasteiger partial charge < -0.3 is 4.90 Å². The van der Waals surface area contributed by atoms with Gasteiger partial charge in [0.1, 0.15) is 0 Å². The predicted molar refractivity (Wildman–Crippen MR) is 271 cm³/mol. The van der Waals surface area contributed by atoms with Gasteiger partial charge >= 0.3 is 0 Å². The second-order valence-electron chi connectivity index (χ2n) is 18.4. The van der Waals surface area contributed by atoms with Gasteiger partial charge in [0.2, 0.25) is 0 Å². The molecule has 1 heteroatoms. The summed E-state index contributed by atoms with van der Waals surface area (Å²) in [6.07, 6.45) is 0. The molecule has 0 amide bonds. The van der Waals surface area contributed by atoms with E-state index in [2.05, 4.69) is 255 Å². The molecule has 65 heavy (non-hydrogen) atoms. The minimum Gasteiger partial charge on any atom is -0.310 e.